The van der Waals surface area contributed by atoms with Gasteiger partial charge >= 0.3 is 0 Å². The summed E-state index contributed by atoms with van der Waals surface area (Å²) in [4.78, 5) is 0. The summed E-state index contributed by atoms with van der Waals surface area (Å²) in [5, 5.41) is 0. The Balaban J connectivity index is 1.72. The van der Waals surface area contributed by atoms with Gasteiger partial charge in [0, 0.05) is 5.56 Å². The molecule has 1 aromatic rings. The molecule has 0 N–H and O–H groups in total. The Bertz CT molecular complexity index is 362. The molecule has 1 heterocycles. The summed E-state index contributed by atoms with van der Waals surface area (Å²) < 4.78 is 11.8. The van der Waals surface area contributed by atoms with Gasteiger partial charge < -0.3 is 9.47 Å². The molecule has 1 saturated carbocycles. The van der Waals surface area contributed by atoms with Crippen molar-refractivity contribution < 1.29 is 9.47 Å². The molecule has 2 heteroatoms. The van der Waals surface area contributed by atoms with E-state index in [4.69, 9.17) is 9.47 Å². The maximum atomic E-state index is 5.91. The van der Waals surface area contributed by atoms with Gasteiger partial charge in [-0.1, -0.05) is 37.3 Å². The van der Waals surface area contributed by atoms with E-state index in [0.29, 0.717) is 5.41 Å². The molecular formula is C14H18O2. The van der Waals surface area contributed by atoms with Crippen molar-refractivity contribution in [1.82, 2.24) is 0 Å². The van der Waals surface area contributed by atoms with Crippen LogP contribution >= 0.6 is 0 Å². The van der Waals surface area contributed by atoms with E-state index in [1.807, 2.05) is 18.2 Å². The molecule has 1 aliphatic heterocycles. The molecule has 1 unspecified atom stereocenters. The first-order valence-corrected chi connectivity index (χ1v) is 6.12. The molecular weight excluding hydrogens is 200 g/mol. The Kier molecular flexibility index (Phi) is 2.49. The number of hydrogen-bond donors (Lipinski definition) is 0. The predicted octanol–water partition coefficient (Wildman–Crippen LogP) is 3.15. The van der Waals surface area contributed by atoms with Crippen LogP contribution in [0, 0.1) is 11.3 Å². The van der Waals surface area contributed by atoms with Crippen molar-refractivity contribution in [2.24, 2.45) is 11.3 Å². The van der Waals surface area contributed by atoms with Crippen LogP contribution in [0.4, 0.5) is 0 Å². The van der Waals surface area contributed by atoms with Gasteiger partial charge in [0.25, 0.3) is 0 Å². The maximum absolute atomic E-state index is 5.91. The normalized spacial score (nSPS) is 37.6. The second-order valence-corrected chi connectivity index (χ2v) is 5.00. The van der Waals surface area contributed by atoms with Gasteiger partial charge in [0.15, 0.2) is 6.29 Å². The third-order valence-electron chi connectivity index (χ3n) is 4.11. The van der Waals surface area contributed by atoms with Crippen LogP contribution in [0.1, 0.15) is 31.6 Å². The Morgan fingerprint density at radius 1 is 1.25 bits per heavy atom. The van der Waals surface area contributed by atoms with E-state index >= 15 is 0 Å². The first kappa shape index (κ1) is 10.3. The number of rotatable bonds is 2. The molecule has 1 aliphatic carbocycles. The zero-order valence-electron chi connectivity index (χ0n) is 9.69. The fourth-order valence-corrected chi connectivity index (χ4v) is 2.68. The fourth-order valence-electron chi connectivity index (χ4n) is 2.68. The molecule has 1 aromatic carbocycles. The molecule has 0 amide bonds. The summed E-state index contributed by atoms with van der Waals surface area (Å²) in [7, 11) is 0. The minimum Gasteiger partial charge on any atom is -0.348 e. The van der Waals surface area contributed by atoms with Crippen LogP contribution in [-0.2, 0) is 9.47 Å². The monoisotopic (exact) mass is 218 g/mol. The van der Waals surface area contributed by atoms with E-state index in [9.17, 15) is 0 Å². The average Bonchev–Trinajstić information content (AvgIpc) is 3.04. The van der Waals surface area contributed by atoms with E-state index in [-0.39, 0.29) is 6.29 Å². The zero-order valence-corrected chi connectivity index (χ0v) is 9.69. The summed E-state index contributed by atoms with van der Waals surface area (Å²) in [5.74, 6) is 0.728. The first-order valence-electron chi connectivity index (χ1n) is 6.12. The molecule has 3 rings (SSSR count). The molecule has 2 aliphatic rings. The van der Waals surface area contributed by atoms with Crippen molar-refractivity contribution in [1.29, 1.82) is 0 Å². The summed E-state index contributed by atoms with van der Waals surface area (Å²) in [6.45, 7) is 3.97. The van der Waals surface area contributed by atoms with Crippen LogP contribution in [0.2, 0.25) is 0 Å². The Morgan fingerprint density at radius 3 is 2.81 bits per heavy atom. The van der Waals surface area contributed by atoms with Crippen molar-refractivity contribution in [3.05, 3.63) is 35.9 Å². The van der Waals surface area contributed by atoms with E-state index in [1.54, 1.807) is 0 Å². The number of ether oxygens (including phenoxy) is 2. The minimum atomic E-state index is -0.155. The third-order valence-corrected chi connectivity index (χ3v) is 4.11. The highest BCUT2D eigenvalue weighted by Gasteiger charge is 2.54. The van der Waals surface area contributed by atoms with Crippen molar-refractivity contribution in [3.63, 3.8) is 0 Å². The molecule has 0 bridgehead atoms. The van der Waals surface area contributed by atoms with Gasteiger partial charge in [0.2, 0.25) is 0 Å². The van der Waals surface area contributed by atoms with Gasteiger partial charge in [0.05, 0.1) is 13.2 Å². The summed E-state index contributed by atoms with van der Waals surface area (Å²) in [5.41, 5.74) is 1.57. The van der Waals surface area contributed by atoms with E-state index in [1.165, 1.54) is 12.8 Å². The largest absolute Gasteiger partial charge is 0.348 e. The van der Waals surface area contributed by atoms with Crippen molar-refractivity contribution in [2.75, 3.05) is 13.2 Å². The van der Waals surface area contributed by atoms with Gasteiger partial charge in [-0.3, -0.25) is 0 Å². The molecule has 0 aromatic heterocycles. The highest BCUT2D eigenvalue weighted by atomic mass is 16.7. The quantitative estimate of drug-likeness (QED) is 0.759. The average molecular weight is 218 g/mol. The van der Waals surface area contributed by atoms with Crippen LogP contribution in [-0.4, -0.2) is 13.2 Å². The molecule has 2 fully saturated rings. The van der Waals surface area contributed by atoms with Gasteiger partial charge in [-0.25, -0.2) is 0 Å². The molecule has 3 atom stereocenters. The fraction of sp³-hybridized carbons (Fsp3) is 0.571. The maximum Gasteiger partial charge on any atom is 0.183 e. The summed E-state index contributed by atoms with van der Waals surface area (Å²) in [6.07, 6.45) is 2.34. The van der Waals surface area contributed by atoms with E-state index < -0.39 is 0 Å². The molecule has 2 nitrogen and oxygen atoms in total. The van der Waals surface area contributed by atoms with Crippen LogP contribution in [0.5, 0.6) is 0 Å². The lowest BCUT2D eigenvalue weighted by molar-refractivity contribution is -0.141. The van der Waals surface area contributed by atoms with Gasteiger partial charge in [-0.15, -0.1) is 0 Å². The van der Waals surface area contributed by atoms with Crippen LogP contribution in [0.25, 0.3) is 0 Å². The van der Waals surface area contributed by atoms with Crippen molar-refractivity contribution in [2.45, 2.75) is 26.1 Å². The minimum absolute atomic E-state index is 0.155. The second-order valence-electron chi connectivity index (χ2n) is 5.00. The molecule has 1 saturated heterocycles. The highest BCUT2D eigenvalue weighted by Crippen LogP contribution is 2.57. The number of benzene rings is 1. The molecule has 16 heavy (non-hydrogen) atoms. The standard InChI is InChI=1S/C14H18O2/c1-2-14-8-12(14)9-15-13(16-10-14)11-6-4-3-5-7-11/h3-7,12-13H,2,8-10H2,1H3/t12-,13?,14+/m0/s1. The zero-order chi connectivity index (χ0) is 11.0. The third kappa shape index (κ3) is 1.66. The smallest absolute Gasteiger partial charge is 0.183 e. The summed E-state index contributed by atoms with van der Waals surface area (Å²) in [6, 6.07) is 10.2. The van der Waals surface area contributed by atoms with E-state index in [0.717, 1.165) is 24.7 Å². The molecule has 86 valence electrons. The summed E-state index contributed by atoms with van der Waals surface area (Å²) >= 11 is 0. The van der Waals surface area contributed by atoms with Crippen LogP contribution in [0.3, 0.4) is 0 Å². The Morgan fingerprint density at radius 2 is 2.06 bits per heavy atom. The molecule has 0 spiro atoms. The van der Waals surface area contributed by atoms with Gasteiger partial charge in [-0.2, -0.15) is 0 Å². The predicted molar refractivity (Wildman–Crippen MR) is 61.9 cm³/mol. The van der Waals surface area contributed by atoms with E-state index in [2.05, 4.69) is 19.1 Å². The topological polar surface area (TPSA) is 18.5 Å². The van der Waals surface area contributed by atoms with Crippen molar-refractivity contribution in [3.8, 4) is 0 Å². The lowest BCUT2D eigenvalue weighted by atomic mass is 10.0. The molecule has 0 radical (unpaired) electrons. The van der Waals surface area contributed by atoms with Gasteiger partial charge in [0.1, 0.15) is 0 Å². The Hall–Kier alpha value is -0.860. The second kappa shape index (κ2) is 3.86. The van der Waals surface area contributed by atoms with Crippen LogP contribution < -0.4 is 0 Å². The van der Waals surface area contributed by atoms with Gasteiger partial charge in [-0.05, 0) is 24.2 Å². The highest BCUT2D eigenvalue weighted by molar-refractivity contribution is 5.16. The SMILES string of the molecule is CC[C@@]12COC(c3ccccc3)OC[C@@H]1C2. The lowest BCUT2D eigenvalue weighted by Crippen LogP contribution is -2.12. The van der Waals surface area contributed by atoms with Crippen molar-refractivity contribution >= 4 is 0 Å². The number of fused-ring (bicyclic) bond motifs is 1. The van der Waals surface area contributed by atoms with Crippen LogP contribution in [0.15, 0.2) is 30.3 Å². The lowest BCUT2D eigenvalue weighted by Gasteiger charge is -2.18. The first-order chi connectivity index (χ1) is 7.84. The Labute approximate surface area is 96.6 Å². The number of hydrogen-bond acceptors (Lipinski definition) is 2.